The van der Waals surface area contributed by atoms with Gasteiger partial charge in [0.05, 0.1) is 0 Å². The molecule has 2 rings (SSSR count). The molecule has 0 aliphatic carbocycles. The third kappa shape index (κ3) is 5.25. The summed E-state index contributed by atoms with van der Waals surface area (Å²) in [6.07, 6.45) is -4.86. The van der Waals surface area contributed by atoms with Crippen LogP contribution in [0.4, 0.5) is 13.2 Å². The summed E-state index contributed by atoms with van der Waals surface area (Å²) >= 11 is 0. The topological polar surface area (TPSA) is 43.1 Å². The fourth-order valence-corrected chi connectivity index (χ4v) is 1.26. The molecule has 0 radical (unpaired) electrons. The van der Waals surface area contributed by atoms with Crippen molar-refractivity contribution in [2.45, 2.75) is 6.18 Å². The lowest BCUT2D eigenvalue weighted by molar-refractivity contribution is -0.169. The molecular weight excluding hydrogens is 255 g/mol. The second kappa shape index (κ2) is 6.58. The number of benzene rings is 2. The molecule has 2 aromatic rings. The Hall–Kier alpha value is -2.30. The summed E-state index contributed by atoms with van der Waals surface area (Å²) in [6.45, 7) is 0. The molecule has 0 atom stereocenters. The second-order valence-electron chi connectivity index (χ2n) is 3.59. The molecule has 0 spiro atoms. The Bertz CT molecular complexity index is 472. The molecule has 0 aliphatic rings. The van der Waals surface area contributed by atoms with Gasteiger partial charge < -0.3 is 5.73 Å². The van der Waals surface area contributed by atoms with Crippen molar-refractivity contribution < 1.29 is 18.0 Å². The first kappa shape index (κ1) is 14.8. The van der Waals surface area contributed by atoms with Gasteiger partial charge in [-0.2, -0.15) is 13.2 Å². The highest BCUT2D eigenvalue weighted by atomic mass is 19.4. The van der Waals surface area contributed by atoms with Crippen molar-refractivity contribution in [3.05, 3.63) is 60.7 Å². The Kier molecular flexibility index (Phi) is 5.11. The molecule has 19 heavy (non-hydrogen) atoms. The smallest absolute Gasteiger partial charge is 0.362 e. The fourth-order valence-electron chi connectivity index (χ4n) is 1.26. The third-order valence-corrected chi connectivity index (χ3v) is 2.16. The largest absolute Gasteiger partial charge is 0.470 e. The molecule has 0 aromatic heterocycles. The molecule has 100 valence electrons. The number of halogens is 3. The first-order chi connectivity index (χ1) is 8.91. The van der Waals surface area contributed by atoms with Crippen molar-refractivity contribution in [1.29, 1.82) is 0 Å². The average Bonchev–Trinajstić information content (AvgIpc) is 2.40. The minimum absolute atomic E-state index is 1.28. The number of rotatable bonds is 1. The van der Waals surface area contributed by atoms with E-state index in [1.54, 1.807) is 0 Å². The van der Waals surface area contributed by atoms with Gasteiger partial charge in [0.15, 0.2) is 0 Å². The molecule has 0 unspecified atom stereocenters. The van der Waals surface area contributed by atoms with E-state index in [1.807, 2.05) is 12.1 Å². The van der Waals surface area contributed by atoms with Crippen molar-refractivity contribution in [1.82, 2.24) is 0 Å². The van der Waals surface area contributed by atoms with Gasteiger partial charge in [0.1, 0.15) is 0 Å². The monoisotopic (exact) mass is 267 g/mol. The maximum Gasteiger partial charge on any atom is 0.470 e. The van der Waals surface area contributed by atoms with Crippen LogP contribution in [0.3, 0.4) is 0 Å². The van der Waals surface area contributed by atoms with Gasteiger partial charge in [0.25, 0.3) is 0 Å². The minimum atomic E-state index is -4.86. The number of hydrogen-bond acceptors (Lipinski definition) is 1. The molecule has 0 bridgehead atoms. The number of carbonyl (C=O) groups is 1. The molecule has 2 aromatic carbocycles. The van der Waals surface area contributed by atoms with Gasteiger partial charge in [-0.3, -0.25) is 4.79 Å². The predicted molar refractivity (Wildman–Crippen MR) is 67.1 cm³/mol. The van der Waals surface area contributed by atoms with Crippen molar-refractivity contribution >= 4 is 5.91 Å². The van der Waals surface area contributed by atoms with E-state index in [9.17, 15) is 13.2 Å². The van der Waals surface area contributed by atoms with Crippen LogP contribution in [0.1, 0.15) is 0 Å². The number of amides is 1. The highest BCUT2D eigenvalue weighted by Gasteiger charge is 2.35. The maximum absolute atomic E-state index is 10.7. The number of nitrogens with two attached hydrogens (primary N) is 1. The lowest BCUT2D eigenvalue weighted by Gasteiger charge is -1.98. The summed E-state index contributed by atoms with van der Waals surface area (Å²) in [7, 11) is 0. The summed E-state index contributed by atoms with van der Waals surface area (Å²) in [4.78, 5) is 9.12. The van der Waals surface area contributed by atoms with E-state index in [4.69, 9.17) is 4.79 Å². The Morgan fingerprint density at radius 3 is 1.26 bits per heavy atom. The van der Waals surface area contributed by atoms with E-state index in [2.05, 4.69) is 54.3 Å². The van der Waals surface area contributed by atoms with Crippen LogP contribution in [0.25, 0.3) is 11.1 Å². The van der Waals surface area contributed by atoms with E-state index < -0.39 is 12.1 Å². The zero-order valence-corrected chi connectivity index (χ0v) is 9.89. The van der Waals surface area contributed by atoms with Crippen LogP contribution >= 0.6 is 0 Å². The molecule has 2 N–H and O–H groups in total. The Balaban J connectivity index is 0.000000224. The molecule has 0 saturated carbocycles. The fraction of sp³-hybridized carbons (Fsp3) is 0.0714. The van der Waals surface area contributed by atoms with Gasteiger partial charge in [-0.05, 0) is 11.1 Å². The van der Waals surface area contributed by atoms with E-state index in [-0.39, 0.29) is 0 Å². The van der Waals surface area contributed by atoms with Crippen LogP contribution in [0.2, 0.25) is 0 Å². The quantitative estimate of drug-likeness (QED) is 0.845. The van der Waals surface area contributed by atoms with Gasteiger partial charge >= 0.3 is 12.1 Å². The molecule has 0 saturated heterocycles. The van der Waals surface area contributed by atoms with Crippen LogP contribution in [-0.2, 0) is 4.79 Å². The molecule has 0 fully saturated rings. The van der Waals surface area contributed by atoms with E-state index in [0.717, 1.165) is 0 Å². The molecule has 2 nitrogen and oxygen atoms in total. The van der Waals surface area contributed by atoms with Crippen LogP contribution in [-0.4, -0.2) is 12.1 Å². The second-order valence-corrected chi connectivity index (χ2v) is 3.59. The van der Waals surface area contributed by atoms with Crippen LogP contribution in [0, 0.1) is 0 Å². The number of alkyl halides is 3. The van der Waals surface area contributed by atoms with Gasteiger partial charge in [-0.25, -0.2) is 0 Å². The van der Waals surface area contributed by atoms with Crippen LogP contribution in [0.5, 0.6) is 0 Å². The summed E-state index contributed by atoms with van der Waals surface area (Å²) in [5.74, 6) is -2.26. The van der Waals surface area contributed by atoms with E-state index in [0.29, 0.717) is 0 Å². The summed E-state index contributed by atoms with van der Waals surface area (Å²) in [5.41, 5.74) is 6.36. The molecular formula is C14H12F3NO. The van der Waals surface area contributed by atoms with E-state index >= 15 is 0 Å². The molecule has 0 aliphatic heterocycles. The SMILES string of the molecule is NC(=O)C(F)(F)F.c1ccc(-c2ccccc2)cc1. The standard InChI is InChI=1S/C12H10.C2H2F3NO/c1-3-7-11(8-4-1)12-9-5-2-6-10-12;3-2(4,5)1(6)7/h1-10H;(H2,6,7). The highest BCUT2D eigenvalue weighted by Crippen LogP contribution is 2.17. The Labute approximate surface area is 108 Å². The summed E-state index contributed by atoms with van der Waals surface area (Å²) in [5, 5.41) is 0. The van der Waals surface area contributed by atoms with Crippen molar-refractivity contribution in [3.8, 4) is 11.1 Å². The first-order valence-corrected chi connectivity index (χ1v) is 5.38. The van der Waals surface area contributed by atoms with Crippen LogP contribution in [0.15, 0.2) is 60.7 Å². The lowest BCUT2D eigenvalue weighted by Crippen LogP contribution is -2.30. The van der Waals surface area contributed by atoms with E-state index in [1.165, 1.54) is 11.1 Å². The summed E-state index contributed by atoms with van der Waals surface area (Å²) < 4.78 is 32.1. The average molecular weight is 267 g/mol. The zero-order chi connectivity index (χ0) is 14.3. The minimum Gasteiger partial charge on any atom is -0.362 e. The molecule has 1 amide bonds. The van der Waals surface area contributed by atoms with Gasteiger partial charge in [-0.15, -0.1) is 0 Å². The number of carbonyl (C=O) groups excluding carboxylic acids is 1. The van der Waals surface area contributed by atoms with Gasteiger partial charge in [0, 0.05) is 0 Å². The Morgan fingerprint density at radius 1 is 0.789 bits per heavy atom. The number of primary amides is 1. The van der Waals surface area contributed by atoms with Gasteiger partial charge in [-0.1, -0.05) is 60.7 Å². The summed E-state index contributed by atoms with van der Waals surface area (Å²) in [6, 6.07) is 20.8. The zero-order valence-electron chi connectivity index (χ0n) is 9.89. The normalized spacial score (nSPS) is 10.3. The number of hydrogen-bond donors (Lipinski definition) is 1. The molecule has 5 heteroatoms. The van der Waals surface area contributed by atoms with Crippen molar-refractivity contribution in [3.63, 3.8) is 0 Å². The predicted octanol–water partition coefficient (Wildman–Crippen LogP) is 3.39. The highest BCUT2D eigenvalue weighted by molar-refractivity contribution is 5.79. The molecule has 0 heterocycles. The Morgan fingerprint density at radius 2 is 1.05 bits per heavy atom. The van der Waals surface area contributed by atoms with Crippen LogP contribution < -0.4 is 5.73 Å². The first-order valence-electron chi connectivity index (χ1n) is 5.38. The third-order valence-electron chi connectivity index (χ3n) is 2.16. The maximum atomic E-state index is 10.7. The lowest BCUT2D eigenvalue weighted by atomic mass is 10.1. The van der Waals surface area contributed by atoms with Gasteiger partial charge in [0.2, 0.25) is 0 Å². The van der Waals surface area contributed by atoms with Crippen molar-refractivity contribution in [2.24, 2.45) is 5.73 Å². The van der Waals surface area contributed by atoms with Crippen molar-refractivity contribution in [2.75, 3.05) is 0 Å².